The van der Waals surface area contributed by atoms with Gasteiger partial charge in [-0.25, -0.2) is 8.42 Å². The van der Waals surface area contributed by atoms with E-state index in [0.29, 0.717) is 59.0 Å². The molecule has 0 radical (unpaired) electrons. The third kappa shape index (κ3) is 5.00. The molecule has 2 aromatic rings. The predicted octanol–water partition coefficient (Wildman–Crippen LogP) is 4.87. The fourth-order valence-corrected chi connectivity index (χ4v) is 7.12. The maximum Gasteiger partial charge on any atom is 0.322 e. The molecule has 3 aliphatic rings. The van der Waals surface area contributed by atoms with Crippen molar-refractivity contribution in [1.82, 2.24) is 4.90 Å². The average molecular weight is 558 g/mol. The molecule has 2 heterocycles. The number of rotatable bonds is 5. The Morgan fingerprint density at radius 3 is 2.58 bits per heavy atom. The maximum atomic E-state index is 13.8. The van der Waals surface area contributed by atoms with Gasteiger partial charge in [0.05, 0.1) is 11.4 Å². The van der Waals surface area contributed by atoms with E-state index in [-0.39, 0.29) is 23.1 Å². The van der Waals surface area contributed by atoms with Gasteiger partial charge in [-0.15, -0.1) is 0 Å². The van der Waals surface area contributed by atoms with E-state index in [1.165, 1.54) is 6.07 Å². The van der Waals surface area contributed by atoms with Crippen LogP contribution in [0.5, 0.6) is 0 Å². The minimum atomic E-state index is -3.40. The molecule has 3 fully saturated rings. The summed E-state index contributed by atoms with van der Waals surface area (Å²) in [6, 6.07) is 9.86. The third-order valence-corrected chi connectivity index (χ3v) is 9.65. The molecule has 0 N–H and O–H groups in total. The SMILES string of the molecule is Cc1cc(-c2cccc(S(C)(=O)=O)c2)c(Cl)cc1C1C(=O)OC2(CCCN(C(=O)CC3CCCC3)C2)C1=O. The minimum Gasteiger partial charge on any atom is -0.448 e. The van der Waals surface area contributed by atoms with Crippen molar-refractivity contribution in [1.29, 1.82) is 0 Å². The summed E-state index contributed by atoms with van der Waals surface area (Å²) in [6.45, 7) is 2.46. The van der Waals surface area contributed by atoms with Crippen LogP contribution in [0.3, 0.4) is 0 Å². The van der Waals surface area contributed by atoms with Crippen LogP contribution < -0.4 is 0 Å². The van der Waals surface area contributed by atoms with E-state index in [1.807, 2.05) is 0 Å². The number of halogens is 1. The van der Waals surface area contributed by atoms with Crippen LogP contribution in [0.1, 0.15) is 62.0 Å². The number of carbonyl (C=O) groups excluding carboxylic acids is 3. The second-order valence-electron chi connectivity index (χ2n) is 11.0. The van der Waals surface area contributed by atoms with Crippen LogP contribution in [-0.2, 0) is 29.0 Å². The first-order chi connectivity index (χ1) is 18.0. The monoisotopic (exact) mass is 557 g/mol. The van der Waals surface area contributed by atoms with E-state index >= 15 is 0 Å². The second-order valence-corrected chi connectivity index (χ2v) is 13.4. The van der Waals surface area contributed by atoms with Gasteiger partial charge in [0.25, 0.3) is 0 Å². The number of Topliss-reactive ketones (excluding diaryl/α,β-unsaturated/α-hetero) is 1. The highest BCUT2D eigenvalue weighted by Crippen LogP contribution is 2.43. The number of ether oxygens (including phenoxy) is 1. The first-order valence-corrected chi connectivity index (χ1v) is 15.4. The van der Waals surface area contributed by atoms with E-state index in [1.54, 1.807) is 42.2 Å². The van der Waals surface area contributed by atoms with Crippen LogP contribution in [0.2, 0.25) is 5.02 Å². The minimum absolute atomic E-state index is 0.0307. The van der Waals surface area contributed by atoms with Crippen LogP contribution in [0.25, 0.3) is 11.1 Å². The summed E-state index contributed by atoms with van der Waals surface area (Å²) in [4.78, 5) is 41.8. The number of nitrogens with zero attached hydrogens (tertiary/aromatic N) is 1. The predicted molar refractivity (Wildman–Crippen MR) is 144 cm³/mol. The molecule has 2 aromatic carbocycles. The fraction of sp³-hybridized carbons (Fsp3) is 0.483. The number of amides is 1. The Balaban J connectivity index is 1.40. The number of sulfone groups is 1. The average Bonchev–Trinajstić information content (AvgIpc) is 3.46. The van der Waals surface area contributed by atoms with Gasteiger partial charge in [0.1, 0.15) is 5.92 Å². The van der Waals surface area contributed by atoms with Gasteiger partial charge in [-0.05, 0) is 79.5 Å². The Kier molecular flexibility index (Phi) is 7.16. The van der Waals surface area contributed by atoms with Gasteiger partial charge < -0.3 is 9.64 Å². The molecule has 9 heteroatoms. The normalized spacial score (nSPS) is 24.3. The van der Waals surface area contributed by atoms with Gasteiger partial charge in [0.15, 0.2) is 21.2 Å². The number of hydrogen-bond acceptors (Lipinski definition) is 6. The van der Waals surface area contributed by atoms with Crippen LogP contribution in [-0.4, -0.2) is 55.9 Å². The Labute approximate surface area is 228 Å². The molecule has 0 aromatic heterocycles. The lowest BCUT2D eigenvalue weighted by atomic mass is 9.81. The van der Waals surface area contributed by atoms with Gasteiger partial charge >= 0.3 is 5.97 Å². The molecule has 1 spiro atoms. The van der Waals surface area contributed by atoms with E-state index in [9.17, 15) is 22.8 Å². The van der Waals surface area contributed by atoms with E-state index in [0.717, 1.165) is 31.9 Å². The van der Waals surface area contributed by atoms with E-state index in [2.05, 4.69) is 0 Å². The Morgan fingerprint density at radius 2 is 1.87 bits per heavy atom. The molecule has 2 aliphatic heterocycles. The Morgan fingerprint density at radius 1 is 1.13 bits per heavy atom. The second kappa shape index (κ2) is 10.1. The fourth-order valence-electron chi connectivity index (χ4n) is 6.17. The van der Waals surface area contributed by atoms with E-state index in [4.69, 9.17) is 16.3 Å². The van der Waals surface area contributed by atoms with Crippen LogP contribution >= 0.6 is 11.6 Å². The Hall–Kier alpha value is -2.71. The lowest BCUT2D eigenvalue weighted by Gasteiger charge is -2.38. The van der Waals surface area contributed by atoms with Gasteiger partial charge in [0, 0.05) is 29.8 Å². The molecule has 5 rings (SSSR count). The first kappa shape index (κ1) is 26.9. The summed E-state index contributed by atoms with van der Waals surface area (Å²) in [6.07, 6.45) is 7.06. The maximum absolute atomic E-state index is 13.8. The summed E-state index contributed by atoms with van der Waals surface area (Å²) in [5, 5.41) is 0.301. The molecular weight excluding hydrogens is 526 g/mol. The molecule has 0 bridgehead atoms. The molecule has 2 atom stereocenters. The summed E-state index contributed by atoms with van der Waals surface area (Å²) in [5.74, 6) is -1.63. The lowest BCUT2D eigenvalue weighted by molar-refractivity contribution is -0.161. The zero-order chi connectivity index (χ0) is 27.2. The zero-order valence-electron chi connectivity index (χ0n) is 21.7. The summed E-state index contributed by atoms with van der Waals surface area (Å²) in [5.41, 5.74) is 1.04. The van der Waals surface area contributed by atoms with Crippen LogP contribution in [0, 0.1) is 12.8 Å². The van der Waals surface area contributed by atoms with Crippen molar-refractivity contribution in [3.63, 3.8) is 0 Å². The highest BCUT2D eigenvalue weighted by atomic mass is 35.5. The van der Waals surface area contributed by atoms with Crippen molar-refractivity contribution in [3.8, 4) is 11.1 Å². The Bertz CT molecular complexity index is 1410. The molecule has 1 amide bonds. The highest BCUT2D eigenvalue weighted by molar-refractivity contribution is 7.90. The van der Waals surface area contributed by atoms with Crippen molar-refractivity contribution in [3.05, 3.63) is 52.5 Å². The zero-order valence-corrected chi connectivity index (χ0v) is 23.2. The lowest BCUT2D eigenvalue weighted by Crippen LogP contribution is -2.54. The van der Waals surface area contributed by atoms with Crippen LogP contribution in [0.15, 0.2) is 41.3 Å². The molecule has 2 unspecified atom stereocenters. The number of ketones is 1. The largest absolute Gasteiger partial charge is 0.448 e. The highest BCUT2D eigenvalue weighted by Gasteiger charge is 2.58. The quantitative estimate of drug-likeness (QED) is 0.384. The third-order valence-electron chi connectivity index (χ3n) is 8.23. The number of piperidine rings is 1. The van der Waals surface area contributed by atoms with Crippen molar-refractivity contribution in [2.24, 2.45) is 5.92 Å². The molecular formula is C29H32ClNO6S. The number of carbonyl (C=O) groups is 3. The standard InChI is InChI=1S/C29H32ClNO6S/c1-18-13-23(20-9-5-10-21(15-20)38(2,35)36)24(30)16-22(18)26-27(33)29(37-28(26)34)11-6-12-31(17-29)25(32)14-19-7-3-4-8-19/h5,9-10,13,15-16,19,26H,3-4,6-8,11-12,14,17H2,1-2H3. The van der Waals surface area contributed by atoms with Crippen molar-refractivity contribution in [2.45, 2.75) is 68.3 Å². The van der Waals surface area contributed by atoms with Crippen molar-refractivity contribution < 1.29 is 27.5 Å². The molecule has 1 aliphatic carbocycles. The number of hydrogen-bond donors (Lipinski definition) is 0. The number of benzene rings is 2. The van der Waals surface area contributed by atoms with E-state index < -0.39 is 27.3 Å². The van der Waals surface area contributed by atoms with Crippen molar-refractivity contribution >= 4 is 39.1 Å². The van der Waals surface area contributed by atoms with Gasteiger partial charge in [0.2, 0.25) is 5.91 Å². The van der Waals surface area contributed by atoms with Gasteiger partial charge in [-0.1, -0.05) is 36.6 Å². The number of aryl methyl sites for hydroxylation is 1. The number of likely N-dealkylation sites (tertiary alicyclic amines) is 1. The van der Waals surface area contributed by atoms with Gasteiger partial charge in [-0.2, -0.15) is 0 Å². The molecule has 7 nitrogen and oxygen atoms in total. The molecule has 1 saturated carbocycles. The summed E-state index contributed by atoms with van der Waals surface area (Å²) in [7, 11) is -3.40. The topological polar surface area (TPSA) is 97.8 Å². The number of esters is 1. The summed E-state index contributed by atoms with van der Waals surface area (Å²) < 4.78 is 29.8. The first-order valence-electron chi connectivity index (χ1n) is 13.1. The van der Waals surface area contributed by atoms with Gasteiger partial charge in [-0.3, -0.25) is 14.4 Å². The molecule has 202 valence electrons. The molecule has 38 heavy (non-hydrogen) atoms. The van der Waals surface area contributed by atoms with Crippen molar-refractivity contribution in [2.75, 3.05) is 19.3 Å². The smallest absolute Gasteiger partial charge is 0.322 e. The molecule has 2 saturated heterocycles. The van der Waals surface area contributed by atoms with Crippen LogP contribution in [0.4, 0.5) is 0 Å². The summed E-state index contributed by atoms with van der Waals surface area (Å²) >= 11 is 6.63.